The Morgan fingerprint density at radius 1 is 0.356 bits per heavy atom. The second-order valence-corrected chi connectivity index (χ2v) is 11.7. The molecule has 0 saturated carbocycles. The number of furan rings is 1. The summed E-state index contributed by atoms with van der Waals surface area (Å²) in [7, 11) is 0. The molecule has 0 N–H and O–H groups in total. The number of hydrogen-bond donors (Lipinski definition) is 0. The zero-order chi connectivity index (χ0) is 29.8. The zero-order valence-electron chi connectivity index (χ0n) is 24.5. The maximum absolute atomic E-state index is 6.69. The highest BCUT2D eigenvalue weighted by Gasteiger charge is 2.45. The normalized spacial score (nSPS) is 13.2. The van der Waals surface area contributed by atoms with Crippen molar-refractivity contribution in [2.24, 2.45) is 0 Å². The monoisotopic (exact) mass is 576 g/mol. The van der Waals surface area contributed by atoms with Crippen molar-refractivity contribution in [2.45, 2.75) is 5.41 Å². The van der Waals surface area contributed by atoms with Gasteiger partial charge in [0, 0.05) is 21.9 Å². The number of rotatable bonds is 4. The molecule has 1 aliphatic heterocycles. The Morgan fingerprint density at radius 2 is 0.889 bits per heavy atom. The minimum atomic E-state index is -0.510. The summed E-state index contributed by atoms with van der Waals surface area (Å²) in [5.41, 5.74) is 10.6. The third-order valence-electron chi connectivity index (χ3n) is 9.24. The van der Waals surface area contributed by atoms with E-state index >= 15 is 0 Å². The van der Waals surface area contributed by atoms with Gasteiger partial charge in [-0.05, 0) is 63.7 Å². The largest absolute Gasteiger partial charge is 0.457 e. The van der Waals surface area contributed by atoms with Crippen molar-refractivity contribution in [2.75, 3.05) is 0 Å². The van der Waals surface area contributed by atoms with E-state index in [0.29, 0.717) is 0 Å². The lowest BCUT2D eigenvalue weighted by molar-refractivity contribution is 0.435. The van der Waals surface area contributed by atoms with Crippen LogP contribution in [-0.4, -0.2) is 0 Å². The highest BCUT2D eigenvalue weighted by Crippen LogP contribution is 2.55. The molecule has 0 saturated heterocycles. The van der Waals surface area contributed by atoms with Gasteiger partial charge < -0.3 is 9.15 Å². The Morgan fingerprint density at radius 3 is 1.62 bits per heavy atom. The lowest BCUT2D eigenvalue weighted by Gasteiger charge is -2.41. The first-order chi connectivity index (χ1) is 22.3. The number of hydrogen-bond acceptors (Lipinski definition) is 2. The molecular weight excluding hydrogens is 548 g/mol. The maximum Gasteiger partial charge on any atom is 0.136 e. The van der Waals surface area contributed by atoms with Crippen LogP contribution in [0.15, 0.2) is 174 Å². The molecule has 0 atom stereocenters. The van der Waals surface area contributed by atoms with Gasteiger partial charge in [0.15, 0.2) is 0 Å². The van der Waals surface area contributed by atoms with E-state index in [1.54, 1.807) is 0 Å². The fourth-order valence-electron chi connectivity index (χ4n) is 7.15. The van der Waals surface area contributed by atoms with Gasteiger partial charge in [-0.1, -0.05) is 140 Å². The average Bonchev–Trinajstić information content (AvgIpc) is 3.49. The van der Waals surface area contributed by atoms with Crippen LogP contribution in [0, 0.1) is 0 Å². The van der Waals surface area contributed by atoms with Gasteiger partial charge in [-0.2, -0.15) is 0 Å². The number of ether oxygens (including phenoxy) is 1. The van der Waals surface area contributed by atoms with E-state index in [1.807, 2.05) is 12.1 Å². The van der Waals surface area contributed by atoms with E-state index in [1.165, 1.54) is 11.1 Å². The van der Waals surface area contributed by atoms with Gasteiger partial charge in [0.25, 0.3) is 0 Å². The van der Waals surface area contributed by atoms with Gasteiger partial charge in [-0.3, -0.25) is 0 Å². The zero-order valence-corrected chi connectivity index (χ0v) is 24.5. The Kier molecular flexibility index (Phi) is 5.76. The van der Waals surface area contributed by atoms with E-state index in [2.05, 4.69) is 158 Å². The van der Waals surface area contributed by atoms with Crippen molar-refractivity contribution >= 4 is 21.9 Å². The molecule has 212 valence electrons. The molecule has 1 aliphatic rings. The van der Waals surface area contributed by atoms with E-state index in [0.717, 1.165) is 66.8 Å². The second-order valence-electron chi connectivity index (χ2n) is 11.7. The van der Waals surface area contributed by atoms with Gasteiger partial charge in [0.2, 0.25) is 0 Å². The predicted octanol–water partition coefficient (Wildman–Crippen LogP) is 11.4. The molecule has 2 nitrogen and oxygen atoms in total. The molecule has 2 heteroatoms. The van der Waals surface area contributed by atoms with Crippen LogP contribution in [0.1, 0.15) is 22.3 Å². The third-order valence-corrected chi connectivity index (χ3v) is 9.24. The summed E-state index contributed by atoms with van der Waals surface area (Å²) in [4.78, 5) is 0. The summed E-state index contributed by atoms with van der Waals surface area (Å²) >= 11 is 0. The summed E-state index contributed by atoms with van der Waals surface area (Å²) in [6, 6.07) is 60.1. The van der Waals surface area contributed by atoms with Gasteiger partial charge in [0.05, 0.1) is 5.41 Å². The Balaban J connectivity index is 1.15. The van der Waals surface area contributed by atoms with Crippen molar-refractivity contribution in [3.63, 3.8) is 0 Å². The molecule has 7 aromatic carbocycles. The van der Waals surface area contributed by atoms with E-state index in [4.69, 9.17) is 9.15 Å². The molecule has 2 heterocycles. The van der Waals surface area contributed by atoms with Crippen molar-refractivity contribution in [1.82, 2.24) is 0 Å². The van der Waals surface area contributed by atoms with E-state index in [-0.39, 0.29) is 0 Å². The van der Waals surface area contributed by atoms with Crippen LogP contribution in [-0.2, 0) is 5.41 Å². The van der Waals surface area contributed by atoms with E-state index < -0.39 is 5.41 Å². The van der Waals surface area contributed by atoms with Gasteiger partial charge in [-0.25, -0.2) is 0 Å². The lowest BCUT2D eigenvalue weighted by atomic mass is 9.63. The van der Waals surface area contributed by atoms with Crippen molar-refractivity contribution < 1.29 is 9.15 Å². The Labute approximate surface area is 261 Å². The summed E-state index contributed by atoms with van der Waals surface area (Å²) in [5, 5.41) is 2.29. The fourth-order valence-corrected chi connectivity index (χ4v) is 7.15. The third kappa shape index (κ3) is 3.96. The smallest absolute Gasteiger partial charge is 0.136 e. The average molecular weight is 577 g/mol. The molecule has 0 bridgehead atoms. The summed E-state index contributed by atoms with van der Waals surface area (Å²) in [5.74, 6) is 1.75. The fraction of sp³-hybridized carbons (Fsp3) is 0.0233. The van der Waals surface area contributed by atoms with Crippen molar-refractivity contribution in [1.29, 1.82) is 0 Å². The SMILES string of the molecule is c1ccc(C2(c3ccccc3)c3ccccc3Oc3cc(-c4ccc(-c5ccc6c(c5)oc5ccccc56)cc4)ccc32)cc1. The number of benzene rings is 7. The number of para-hydroxylation sites is 2. The van der Waals surface area contributed by atoms with Crippen molar-refractivity contribution in [3.8, 4) is 33.8 Å². The van der Waals surface area contributed by atoms with E-state index in [9.17, 15) is 0 Å². The molecule has 0 amide bonds. The highest BCUT2D eigenvalue weighted by atomic mass is 16.5. The van der Waals surface area contributed by atoms with Crippen LogP contribution in [0.25, 0.3) is 44.2 Å². The summed E-state index contributed by atoms with van der Waals surface area (Å²) < 4.78 is 12.8. The van der Waals surface area contributed by atoms with Crippen LogP contribution in [0.3, 0.4) is 0 Å². The molecule has 0 spiro atoms. The minimum Gasteiger partial charge on any atom is -0.457 e. The molecule has 9 rings (SSSR count). The molecule has 8 aromatic rings. The van der Waals surface area contributed by atoms with Crippen LogP contribution in [0.2, 0.25) is 0 Å². The van der Waals surface area contributed by atoms with Crippen molar-refractivity contribution in [3.05, 3.63) is 192 Å². The molecule has 0 fully saturated rings. The highest BCUT2D eigenvalue weighted by molar-refractivity contribution is 6.05. The topological polar surface area (TPSA) is 22.4 Å². The Bertz CT molecular complexity index is 2290. The van der Waals surface area contributed by atoms with Gasteiger partial charge in [-0.15, -0.1) is 0 Å². The standard InChI is InChI=1S/C43H28O2/c1-3-11-33(12-4-1)43(34-13-5-2-6-14-34)37-16-8-10-18-40(37)45-42-28-32(24-26-38(42)43)30-21-19-29(20-22-30)31-23-25-36-35-15-7-9-17-39(35)44-41(36)27-31/h1-28H. The molecule has 1 aromatic heterocycles. The summed E-state index contributed by atoms with van der Waals surface area (Å²) in [6.45, 7) is 0. The molecular formula is C43H28O2. The molecule has 0 unspecified atom stereocenters. The van der Waals surface area contributed by atoms with Gasteiger partial charge in [0.1, 0.15) is 22.7 Å². The van der Waals surface area contributed by atoms with Crippen LogP contribution >= 0.6 is 0 Å². The minimum absolute atomic E-state index is 0.510. The molecule has 0 radical (unpaired) electrons. The number of fused-ring (bicyclic) bond motifs is 5. The first kappa shape index (κ1) is 25.6. The summed E-state index contributed by atoms with van der Waals surface area (Å²) in [6.07, 6.45) is 0. The maximum atomic E-state index is 6.69. The lowest BCUT2D eigenvalue weighted by Crippen LogP contribution is -2.34. The molecule has 45 heavy (non-hydrogen) atoms. The first-order valence-electron chi connectivity index (χ1n) is 15.3. The molecule has 0 aliphatic carbocycles. The van der Waals surface area contributed by atoms with Gasteiger partial charge >= 0.3 is 0 Å². The second kappa shape index (κ2) is 10.1. The van der Waals surface area contributed by atoms with Crippen LogP contribution in [0.4, 0.5) is 0 Å². The first-order valence-corrected chi connectivity index (χ1v) is 15.3. The predicted molar refractivity (Wildman–Crippen MR) is 183 cm³/mol. The van der Waals surface area contributed by atoms with Crippen LogP contribution in [0.5, 0.6) is 11.5 Å². The Hall–Kier alpha value is -5.86. The van der Waals surface area contributed by atoms with Crippen LogP contribution < -0.4 is 4.74 Å². The quantitative estimate of drug-likeness (QED) is 0.208.